The van der Waals surface area contributed by atoms with Crippen molar-refractivity contribution in [3.05, 3.63) is 59.6 Å². The van der Waals surface area contributed by atoms with Crippen molar-refractivity contribution in [2.45, 2.75) is 6.42 Å². The fraction of sp³-hybridized carbons (Fsp3) is 0.200. The summed E-state index contributed by atoms with van der Waals surface area (Å²) in [7, 11) is 1.61. The van der Waals surface area contributed by atoms with E-state index in [2.05, 4.69) is 4.98 Å². The van der Waals surface area contributed by atoms with E-state index in [1.807, 2.05) is 48.5 Å². The first-order valence-corrected chi connectivity index (χ1v) is 9.19. The van der Waals surface area contributed by atoms with E-state index < -0.39 is 5.97 Å². The molecule has 3 rings (SSSR count). The van der Waals surface area contributed by atoms with Crippen LogP contribution in [-0.4, -0.2) is 36.4 Å². The molecule has 0 spiro atoms. The van der Waals surface area contributed by atoms with Gasteiger partial charge < -0.3 is 19.3 Å². The van der Waals surface area contributed by atoms with Crippen LogP contribution in [0.15, 0.2) is 53.9 Å². The van der Waals surface area contributed by atoms with Gasteiger partial charge in [-0.3, -0.25) is 4.79 Å². The van der Waals surface area contributed by atoms with Crippen LogP contribution in [-0.2, 0) is 11.2 Å². The Morgan fingerprint density at radius 3 is 2.67 bits per heavy atom. The predicted octanol–water partition coefficient (Wildman–Crippen LogP) is 3.90. The molecule has 6 nitrogen and oxygen atoms in total. The van der Waals surface area contributed by atoms with E-state index in [9.17, 15) is 4.79 Å². The number of ether oxygens (including phenoxy) is 3. The Morgan fingerprint density at radius 2 is 1.85 bits per heavy atom. The zero-order chi connectivity index (χ0) is 19.1. The quantitative estimate of drug-likeness (QED) is 0.563. The van der Waals surface area contributed by atoms with Crippen LogP contribution < -0.4 is 14.2 Å². The SMILES string of the molecule is COc1cccc(OCCOc2ccccc2-c2nc(CC(=O)O)cs2)c1. The first kappa shape index (κ1) is 18.7. The average Bonchev–Trinajstić information content (AvgIpc) is 3.13. The minimum absolute atomic E-state index is 0.0894. The monoisotopic (exact) mass is 385 g/mol. The highest BCUT2D eigenvalue weighted by molar-refractivity contribution is 7.13. The lowest BCUT2D eigenvalue weighted by molar-refractivity contribution is -0.136. The smallest absolute Gasteiger partial charge is 0.309 e. The molecule has 1 heterocycles. The second-order valence-electron chi connectivity index (χ2n) is 5.59. The molecule has 3 aromatic rings. The van der Waals surface area contributed by atoms with Gasteiger partial charge in [-0.1, -0.05) is 18.2 Å². The molecular formula is C20H19NO5S. The number of carboxylic acid groups (broad SMARTS) is 1. The van der Waals surface area contributed by atoms with E-state index >= 15 is 0 Å². The van der Waals surface area contributed by atoms with Crippen molar-refractivity contribution in [2.75, 3.05) is 20.3 Å². The molecule has 0 aliphatic carbocycles. The third-order valence-electron chi connectivity index (χ3n) is 3.65. The molecule has 0 aliphatic rings. The maximum Gasteiger partial charge on any atom is 0.309 e. The summed E-state index contributed by atoms with van der Waals surface area (Å²) >= 11 is 1.40. The Balaban J connectivity index is 1.61. The number of para-hydroxylation sites is 1. The average molecular weight is 385 g/mol. The van der Waals surface area contributed by atoms with Crippen LogP contribution in [0.1, 0.15) is 5.69 Å². The Morgan fingerprint density at radius 1 is 1.07 bits per heavy atom. The van der Waals surface area contributed by atoms with Gasteiger partial charge in [0.05, 0.1) is 24.8 Å². The van der Waals surface area contributed by atoms with Gasteiger partial charge in [-0.25, -0.2) is 4.98 Å². The largest absolute Gasteiger partial charge is 0.497 e. The second kappa shape index (κ2) is 9.05. The lowest BCUT2D eigenvalue weighted by atomic mass is 10.2. The summed E-state index contributed by atoms with van der Waals surface area (Å²) in [6.45, 7) is 0.741. The normalized spacial score (nSPS) is 10.4. The fourth-order valence-corrected chi connectivity index (χ4v) is 3.29. The highest BCUT2D eigenvalue weighted by atomic mass is 32.1. The molecule has 0 atom stereocenters. The first-order valence-electron chi connectivity index (χ1n) is 8.31. The number of rotatable bonds is 9. The lowest BCUT2D eigenvalue weighted by Gasteiger charge is -2.11. The highest BCUT2D eigenvalue weighted by Crippen LogP contribution is 2.32. The molecular weight excluding hydrogens is 366 g/mol. The van der Waals surface area contributed by atoms with E-state index in [1.165, 1.54) is 11.3 Å². The Hall–Kier alpha value is -3.06. The maximum absolute atomic E-state index is 10.8. The summed E-state index contributed by atoms with van der Waals surface area (Å²) < 4.78 is 16.7. The van der Waals surface area contributed by atoms with Crippen LogP contribution in [0.3, 0.4) is 0 Å². The minimum atomic E-state index is -0.897. The van der Waals surface area contributed by atoms with Crippen molar-refractivity contribution in [1.29, 1.82) is 0 Å². The Kier molecular flexibility index (Phi) is 6.27. The maximum atomic E-state index is 10.8. The van der Waals surface area contributed by atoms with Crippen molar-refractivity contribution in [1.82, 2.24) is 4.98 Å². The van der Waals surface area contributed by atoms with E-state index in [4.69, 9.17) is 19.3 Å². The van der Waals surface area contributed by atoms with Gasteiger partial charge in [0.2, 0.25) is 0 Å². The number of hydrogen-bond donors (Lipinski definition) is 1. The van der Waals surface area contributed by atoms with Crippen molar-refractivity contribution >= 4 is 17.3 Å². The number of aliphatic carboxylic acids is 1. The minimum Gasteiger partial charge on any atom is -0.497 e. The Labute approximate surface area is 161 Å². The first-order chi connectivity index (χ1) is 13.2. The number of carboxylic acids is 1. The summed E-state index contributed by atoms with van der Waals surface area (Å²) in [6, 6.07) is 14.9. The molecule has 0 bridgehead atoms. The van der Waals surface area contributed by atoms with E-state index in [-0.39, 0.29) is 6.42 Å². The summed E-state index contributed by atoms with van der Waals surface area (Å²) in [5.74, 6) is 1.23. The van der Waals surface area contributed by atoms with Crippen LogP contribution >= 0.6 is 11.3 Å². The van der Waals surface area contributed by atoms with E-state index in [1.54, 1.807) is 12.5 Å². The third-order valence-corrected chi connectivity index (χ3v) is 4.58. The summed E-state index contributed by atoms with van der Waals surface area (Å²) in [6.07, 6.45) is -0.0894. The van der Waals surface area contributed by atoms with Crippen molar-refractivity contribution in [2.24, 2.45) is 0 Å². The molecule has 7 heteroatoms. The standard InChI is InChI=1S/C20H19NO5S/c1-24-15-5-4-6-16(12-15)25-9-10-26-18-8-3-2-7-17(18)20-21-14(13-27-20)11-19(22)23/h2-8,12-13H,9-11H2,1H3,(H,22,23). The fourth-order valence-electron chi connectivity index (χ4n) is 2.44. The number of thiazole rings is 1. The Bertz CT molecular complexity index is 909. The number of hydrogen-bond acceptors (Lipinski definition) is 6. The summed E-state index contributed by atoms with van der Waals surface area (Å²) in [4.78, 5) is 15.2. The van der Waals surface area contributed by atoms with Crippen molar-refractivity contribution in [3.63, 3.8) is 0 Å². The van der Waals surface area contributed by atoms with Crippen LogP contribution in [0.4, 0.5) is 0 Å². The van der Waals surface area contributed by atoms with Crippen LogP contribution in [0.25, 0.3) is 10.6 Å². The topological polar surface area (TPSA) is 77.9 Å². The zero-order valence-electron chi connectivity index (χ0n) is 14.8. The lowest BCUT2D eigenvalue weighted by Crippen LogP contribution is -2.09. The molecule has 0 fully saturated rings. The summed E-state index contributed by atoms with van der Waals surface area (Å²) in [5.41, 5.74) is 1.37. The molecule has 27 heavy (non-hydrogen) atoms. The number of methoxy groups -OCH3 is 1. The van der Waals surface area contributed by atoms with Gasteiger partial charge in [0, 0.05) is 11.4 Å². The van der Waals surface area contributed by atoms with Crippen molar-refractivity contribution in [3.8, 4) is 27.8 Å². The van der Waals surface area contributed by atoms with Crippen molar-refractivity contribution < 1.29 is 24.1 Å². The van der Waals surface area contributed by atoms with Gasteiger partial charge in [-0.15, -0.1) is 11.3 Å². The predicted molar refractivity (Wildman–Crippen MR) is 103 cm³/mol. The van der Waals surface area contributed by atoms with Gasteiger partial charge in [0.1, 0.15) is 35.5 Å². The third kappa shape index (κ3) is 5.21. The molecule has 2 aromatic carbocycles. The molecule has 0 unspecified atom stereocenters. The van der Waals surface area contributed by atoms with Gasteiger partial charge in [-0.2, -0.15) is 0 Å². The molecule has 0 radical (unpaired) electrons. The van der Waals surface area contributed by atoms with Crippen LogP contribution in [0, 0.1) is 0 Å². The number of aromatic nitrogens is 1. The van der Waals surface area contributed by atoms with Crippen LogP contribution in [0.2, 0.25) is 0 Å². The number of nitrogens with zero attached hydrogens (tertiary/aromatic N) is 1. The highest BCUT2D eigenvalue weighted by Gasteiger charge is 2.12. The number of carbonyl (C=O) groups is 1. The van der Waals surface area contributed by atoms with Crippen LogP contribution in [0.5, 0.6) is 17.2 Å². The van der Waals surface area contributed by atoms with Gasteiger partial charge in [0.25, 0.3) is 0 Å². The molecule has 0 aliphatic heterocycles. The summed E-state index contributed by atoms with van der Waals surface area (Å²) in [5, 5.41) is 11.4. The molecule has 0 amide bonds. The molecule has 0 saturated carbocycles. The second-order valence-corrected chi connectivity index (χ2v) is 6.44. The number of benzene rings is 2. The molecule has 0 saturated heterocycles. The molecule has 140 valence electrons. The molecule has 1 N–H and O–H groups in total. The molecule has 1 aromatic heterocycles. The van der Waals surface area contributed by atoms with E-state index in [0.29, 0.717) is 30.4 Å². The van der Waals surface area contributed by atoms with Gasteiger partial charge in [-0.05, 0) is 24.3 Å². The zero-order valence-corrected chi connectivity index (χ0v) is 15.6. The van der Waals surface area contributed by atoms with Gasteiger partial charge >= 0.3 is 5.97 Å². The van der Waals surface area contributed by atoms with E-state index in [0.717, 1.165) is 16.3 Å². The van der Waals surface area contributed by atoms with Gasteiger partial charge in [0.15, 0.2) is 0 Å².